The van der Waals surface area contributed by atoms with Gasteiger partial charge in [-0.1, -0.05) is 0 Å². The van der Waals surface area contributed by atoms with Crippen molar-refractivity contribution in [1.29, 1.82) is 0 Å². The largest absolute Gasteiger partial charge is 0.391 e. The van der Waals surface area contributed by atoms with Crippen LogP contribution in [-0.4, -0.2) is 68.4 Å². The minimum Gasteiger partial charge on any atom is -0.391 e. The van der Waals surface area contributed by atoms with E-state index in [0.29, 0.717) is 26.1 Å². The van der Waals surface area contributed by atoms with E-state index in [4.69, 9.17) is 4.74 Å². The van der Waals surface area contributed by atoms with E-state index in [9.17, 15) is 13.5 Å². The van der Waals surface area contributed by atoms with Crippen molar-refractivity contribution in [3.8, 4) is 0 Å². The molecule has 0 aliphatic carbocycles. The third kappa shape index (κ3) is 4.84. The summed E-state index contributed by atoms with van der Waals surface area (Å²) < 4.78 is 27.4. The van der Waals surface area contributed by atoms with Crippen molar-refractivity contribution in [2.24, 2.45) is 0 Å². The predicted molar refractivity (Wildman–Crippen MR) is 71.4 cm³/mol. The molecule has 1 aliphatic heterocycles. The summed E-state index contributed by atoms with van der Waals surface area (Å²) in [5.74, 6) is 0.142. The minimum absolute atomic E-state index is 0.142. The maximum atomic E-state index is 11.1. The van der Waals surface area contributed by atoms with E-state index >= 15 is 0 Å². The molecular formula is C12H25NO4S. The predicted octanol–water partition coefficient (Wildman–Crippen LogP) is 0.283. The smallest absolute Gasteiger partial charge is 0.147 e. The number of sulfone groups is 1. The molecule has 1 unspecified atom stereocenters. The van der Waals surface area contributed by atoms with Gasteiger partial charge in [0.1, 0.15) is 9.84 Å². The molecule has 6 heteroatoms. The van der Waals surface area contributed by atoms with Gasteiger partial charge < -0.3 is 9.84 Å². The molecule has 1 fully saturated rings. The van der Waals surface area contributed by atoms with Crippen molar-refractivity contribution >= 4 is 9.84 Å². The number of hydrogen-bond donors (Lipinski definition) is 1. The van der Waals surface area contributed by atoms with E-state index in [2.05, 4.69) is 4.90 Å². The molecular weight excluding hydrogens is 254 g/mol. The Morgan fingerprint density at radius 3 is 2.39 bits per heavy atom. The van der Waals surface area contributed by atoms with Gasteiger partial charge in [0.2, 0.25) is 0 Å². The molecule has 1 aliphatic rings. The van der Waals surface area contributed by atoms with E-state index in [1.165, 1.54) is 6.26 Å². The quantitative estimate of drug-likeness (QED) is 0.756. The monoisotopic (exact) mass is 279 g/mol. The molecule has 0 amide bonds. The zero-order valence-corrected chi connectivity index (χ0v) is 12.4. The van der Waals surface area contributed by atoms with Gasteiger partial charge in [-0.2, -0.15) is 0 Å². The van der Waals surface area contributed by atoms with Crippen molar-refractivity contribution < 1.29 is 18.3 Å². The lowest BCUT2D eigenvalue weighted by atomic mass is 9.91. The second kappa shape index (κ2) is 6.32. The highest BCUT2D eigenvalue weighted by atomic mass is 32.2. The highest BCUT2D eigenvalue weighted by Gasteiger charge is 2.34. The third-order valence-electron chi connectivity index (χ3n) is 3.63. The van der Waals surface area contributed by atoms with Gasteiger partial charge in [0.15, 0.2) is 0 Å². The summed E-state index contributed by atoms with van der Waals surface area (Å²) in [5, 5.41) is 10.2. The number of nitrogens with zero attached hydrogens (tertiary/aromatic N) is 1. The number of morpholine rings is 1. The molecule has 1 saturated heterocycles. The summed E-state index contributed by atoms with van der Waals surface area (Å²) in [6, 6.07) is 0. The molecule has 0 aromatic carbocycles. The number of rotatable bonds is 6. The van der Waals surface area contributed by atoms with Crippen LogP contribution in [-0.2, 0) is 14.6 Å². The number of ether oxygens (including phenoxy) is 1. The van der Waals surface area contributed by atoms with Crippen LogP contribution in [0, 0.1) is 0 Å². The van der Waals surface area contributed by atoms with Gasteiger partial charge in [0, 0.05) is 30.6 Å². The Bertz CT molecular complexity index is 347. The Morgan fingerprint density at radius 2 is 1.89 bits per heavy atom. The molecule has 0 radical (unpaired) electrons. The first-order chi connectivity index (χ1) is 8.23. The number of aliphatic hydroxyl groups excluding tert-OH is 1. The highest BCUT2D eigenvalue weighted by molar-refractivity contribution is 7.90. The first kappa shape index (κ1) is 15.9. The van der Waals surface area contributed by atoms with Gasteiger partial charge in [-0.05, 0) is 26.7 Å². The van der Waals surface area contributed by atoms with Gasteiger partial charge in [-0.25, -0.2) is 8.42 Å². The maximum absolute atomic E-state index is 11.1. The van der Waals surface area contributed by atoms with Crippen LogP contribution in [0.3, 0.4) is 0 Å². The van der Waals surface area contributed by atoms with Crippen molar-refractivity contribution in [3.63, 3.8) is 0 Å². The Hall–Kier alpha value is -0.170. The Morgan fingerprint density at radius 1 is 1.33 bits per heavy atom. The molecule has 0 saturated carbocycles. The van der Waals surface area contributed by atoms with Crippen LogP contribution < -0.4 is 0 Å². The van der Waals surface area contributed by atoms with Crippen molar-refractivity contribution in [1.82, 2.24) is 4.90 Å². The summed E-state index contributed by atoms with van der Waals surface area (Å²) in [4.78, 5) is 2.21. The van der Waals surface area contributed by atoms with Gasteiger partial charge in [0.05, 0.1) is 19.3 Å². The van der Waals surface area contributed by atoms with Crippen molar-refractivity contribution in [3.05, 3.63) is 0 Å². The number of aliphatic hydroxyl groups is 1. The lowest BCUT2D eigenvalue weighted by Gasteiger charge is -2.43. The lowest BCUT2D eigenvalue weighted by Crippen LogP contribution is -2.56. The van der Waals surface area contributed by atoms with Crippen LogP contribution in [0.25, 0.3) is 0 Å². The summed E-state index contributed by atoms with van der Waals surface area (Å²) in [5.41, 5.74) is -0.332. The topological polar surface area (TPSA) is 66.8 Å². The van der Waals surface area contributed by atoms with Crippen LogP contribution in [0.4, 0.5) is 0 Å². The molecule has 1 N–H and O–H groups in total. The minimum atomic E-state index is -2.93. The van der Waals surface area contributed by atoms with Crippen LogP contribution in [0.1, 0.15) is 26.7 Å². The van der Waals surface area contributed by atoms with E-state index in [0.717, 1.165) is 13.1 Å². The molecule has 0 aromatic rings. The first-order valence-electron chi connectivity index (χ1n) is 6.42. The van der Waals surface area contributed by atoms with Gasteiger partial charge in [-0.15, -0.1) is 0 Å². The summed E-state index contributed by atoms with van der Waals surface area (Å²) in [6.07, 6.45) is 1.73. The SMILES string of the molecule is CC(C)(C(O)CCCS(C)(=O)=O)N1CCOCC1. The van der Waals surface area contributed by atoms with Crippen molar-refractivity contribution in [2.45, 2.75) is 38.3 Å². The molecule has 1 rings (SSSR count). The number of hydrogen-bond acceptors (Lipinski definition) is 5. The lowest BCUT2D eigenvalue weighted by molar-refractivity contribution is -0.0638. The second-order valence-electron chi connectivity index (χ2n) is 5.54. The summed E-state index contributed by atoms with van der Waals surface area (Å²) in [7, 11) is -2.93. The van der Waals surface area contributed by atoms with Crippen LogP contribution in [0.5, 0.6) is 0 Å². The van der Waals surface area contributed by atoms with E-state index in [1.54, 1.807) is 0 Å². The molecule has 108 valence electrons. The highest BCUT2D eigenvalue weighted by Crippen LogP contribution is 2.23. The molecule has 0 spiro atoms. The molecule has 1 heterocycles. The van der Waals surface area contributed by atoms with Crippen LogP contribution in [0.2, 0.25) is 0 Å². The fourth-order valence-electron chi connectivity index (χ4n) is 2.24. The zero-order chi connectivity index (χ0) is 13.8. The standard InChI is InChI=1S/C12H25NO4S/c1-12(2,13-6-8-17-9-7-13)11(14)5-4-10-18(3,15)16/h11,14H,4-10H2,1-3H3. The van der Waals surface area contributed by atoms with Crippen molar-refractivity contribution in [2.75, 3.05) is 38.3 Å². The zero-order valence-electron chi connectivity index (χ0n) is 11.6. The van der Waals surface area contributed by atoms with Gasteiger partial charge in [0.25, 0.3) is 0 Å². The van der Waals surface area contributed by atoms with E-state index in [1.807, 2.05) is 13.8 Å². The van der Waals surface area contributed by atoms with Crippen LogP contribution >= 0.6 is 0 Å². The Balaban J connectivity index is 2.45. The molecule has 5 nitrogen and oxygen atoms in total. The fourth-order valence-corrected chi connectivity index (χ4v) is 2.93. The Labute approximate surface area is 110 Å². The molecule has 1 atom stereocenters. The van der Waals surface area contributed by atoms with Gasteiger partial charge in [-0.3, -0.25) is 4.90 Å². The maximum Gasteiger partial charge on any atom is 0.147 e. The van der Waals surface area contributed by atoms with Crippen LogP contribution in [0.15, 0.2) is 0 Å². The molecule has 0 aromatic heterocycles. The molecule has 0 bridgehead atoms. The first-order valence-corrected chi connectivity index (χ1v) is 8.48. The summed E-state index contributed by atoms with van der Waals surface area (Å²) >= 11 is 0. The average Bonchev–Trinajstić information content (AvgIpc) is 2.28. The fraction of sp³-hybridized carbons (Fsp3) is 1.00. The normalized spacial score (nSPS) is 20.9. The second-order valence-corrected chi connectivity index (χ2v) is 7.80. The molecule has 18 heavy (non-hydrogen) atoms. The summed E-state index contributed by atoms with van der Waals surface area (Å²) in [6.45, 7) is 7.03. The van der Waals surface area contributed by atoms with E-state index in [-0.39, 0.29) is 11.3 Å². The Kier molecular flexibility index (Phi) is 5.58. The average molecular weight is 279 g/mol. The third-order valence-corrected chi connectivity index (χ3v) is 4.66. The van der Waals surface area contributed by atoms with Gasteiger partial charge >= 0.3 is 0 Å². The van der Waals surface area contributed by atoms with E-state index < -0.39 is 15.9 Å².